The van der Waals surface area contributed by atoms with Gasteiger partial charge in [-0.1, -0.05) is 36.4 Å². The second-order valence-corrected chi connectivity index (χ2v) is 4.62. The molecule has 0 aromatic heterocycles. The quantitative estimate of drug-likeness (QED) is 0.538. The van der Waals surface area contributed by atoms with Gasteiger partial charge in [0.1, 0.15) is 6.61 Å². The van der Waals surface area contributed by atoms with Gasteiger partial charge in [-0.3, -0.25) is 0 Å². The summed E-state index contributed by atoms with van der Waals surface area (Å²) in [5.74, 6) is 0. The van der Waals surface area contributed by atoms with Crippen LogP contribution in [0.3, 0.4) is 0 Å². The summed E-state index contributed by atoms with van der Waals surface area (Å²) in [6, 6.07) is 9.99. The van der Waals surface area contributed by atoms with Crippen molar-refractivity contribution in [2.45, 2.75) is 31.9 Å². The normalized spacial score (nSPS) is 11.7. The van der Waals surface area contributed by atoms with Crippen LogP contribution in [0.5, 0.6) is 0 Å². The van der Waals surface area contributed by atoms with E-state index in [-0.39, 0.29) is 6.09 Å². The van der Waals surface area contributed by atoms with Crippen molar-refractivity contribution in [1.29, 1.82) is 0 Å². The second kappa shape index (κ2) is 10.0. The van der Waals surface area contributed by atoms with Gasteiger partial charge in [-0.2, -0.15) is 0 Å². The predicted molar refractivity (Wildman–Crippen MR) is 81.5 cm³/mol. The number of carbonyl (C=O) groups is 1. The Morgan fingerprint density at radius 3 is 2.75 bits per heavy atom. The van der Waals surface area contributed by atoms with Crippen LogP contribution in [0.2, 0.25) is 0 Å². The zero-order valence-electron chi connectivity index (χ0n) is 12.1. The van der Waals surface area contributed by atoms with Crippen LogP contribution < -0.4 is 10.6 Å². The first-order valence-corrected chi connectivity index (χ1v) is 7.00. The summed E-state index contributed by atoms with van der Waals surface area (Å²) in [5.41, 5.74) is 0.991. The highest BCUT2D eigenvalue weighted by Gasteiger charge is 2.03. The van der Waals surface area contributed by atoms with E-state index in [2.05, 4.69) is 17.2 Å². The predicted octanol–water partition coefficient (Wildman–Crippen LogP) is 2.86. The number of carbonyl (C=O) groups excluding carboxylic acids is 1. The number of likely N-dealkylation sites (N-methyl/N-ethyl adjacent to an activating group) is 1. The number of benzene rings is 1. The zero-order valence-corrected chi connectivity index (χ0v) is 12.1. The monoisotopic (exact) mass is 276 g/mol. The molecule has 0 bridgehead atoms. The first-order valence-electron chi connectivity index (χ1n) is 7.00. The molecule has 1 rings (SSSR count). The lowest BCUT2D eigenvalue weighted by Gasteiger charge is -2.11. The molecule has 0 spiro atoms. The molecule has 20 heavy (non-hydrogen) atoms. The fraction of sp³-hybridized carbons (Fsp3) is 0.438. The molecular formula is C16H24N2O2. The molecule has 0 aliphatic carbocycles. The molecule has 4 nitrogen and oxygen atoms in total. The van der Waals surface area contributed by atoms with Crippen molar-refractivity contribution in [3.63, 3.8) is 0 Å². The molecule has 2 N–H and O–H groups in total. The molecule has 4 heteroatoms. The number of rotatable bonds is 9. The number of nitrogens with one attached hydrogen (secondary N) is 2. The molecule has 0 fully saturated rings. The van der Waals surface area contributed by atoms with E-state index in [1.54, 1.807) is 0 Å². The van der Waals surface area contributed by atoms with Gasteiger partial charge < -0.3 is 15.4 Å². The van der Waals surface area contributed by atoms with E-state index in [0.29, 0.717) is 19.2 Å². The van der Waals surface area contributed by atoms with Crippen LogP contribution in [0.1, 0.15) is 24.8 Å². The smallest absolute Gasteiger partial charge is 0.407 e. The number of unbranched alkanes of at least 4 members (excludes halogenated alkanes) is 1. The molecule has 0 heterocycles. The average molecular weight is 276 g/mol. The Morgan fingerprint density at radius 2 is 2.10 bits per heavy atom. The Kier molecular flexibility index (Phi) is 8.15. The summed E-state index contributed by atoms with van der Waals surface area (Å²) in [4.78, 5) is 11.5. The third-order valence-electron chi connectivity index (χ3n) is 3.08. The van der Waals surface area contributed by atoms with E-state index in [1.165, 1.54) is 0 Å². The minimum Gasteiger partial charge on any atom is -0.445 e. The Morgan fingerprint density at radius 1 is 1.35 bits per heavy atom. The standard InChI is InChI=1S/C16H24N2O2/c1-3-15(17-2)11-7-8-12-18-16(19)20-13-14-9-5-4-6-10-14/h3-6,9-10,15,17H,1,7-8,11-13H2,2H3,(H,18,19). The number of hydrogen-bond acceptors (Lipinski definition) is 3. The van der Waals surface area contributed by atoms with E-state index in [4.69, 9.17) is 4.74 Å². The molecule has 1 aromatic rings. The largest absolute Gasteiger partial charge is 0.445 e. The Labute approximate surface area is 121 Å². The highest BCUT2D eigenvalue weighted by molar-refractivity contribution is 5.67. The van der Waals surface area contributed by atoms with Crippen molar-refractivity contribution in [3.8, 4) is 0 Å². The highest BCUT2D eigenvalue weighted by Crippen LogP contribution is 2.02. The number of ether oxygens (including phenoxy) is 1. The fourth-order valence-corrected chi connectivity index (χ4v) is 1.83. The minimum absolute atomic E-state index is 0.310. The van der Waals surface area contributed by atoms with Crippen LogP contribution >= 0.6 is 0 Å². The van der Waals surface area contributed by atoms with Gasteiger partial charge in [0.15, 0.2) is 0 Å². The Balaban J connectivity index is 2.04. The van der Waals surface area contributed by atoms with Crippen LogP contribution in [-0.2, 0) is 11.3 Å². The summed E-state index contributed by atoms with van der Waals surface area (Å²) >= 11 is 0. The van der Waals surface area contributed by atoms with E-state index in [0.717, 1.165) is 24.8 Å². The molecule has 0 aliphatic heterocycles. The number of alkyl carbamates (subject to hydrolysis) is 1. The summed E-state index contributed by atoms with van der Waals surface area (Å²) in [7, 11) is 1.92. The first-order chi connectivity index (χ1) is 9.76. The fourth-order valence-electron chi connectivity index (χ4n) is 1.83. The topological polar surface area (TPSA) is 50.4 Å². The summed E-state index contributed by atoms with van der Waals surface area (Å²) in [6.45, 7) is 4.71. The third kappa shape index (κ3) is 6.95. The average Bonchev–Trinajstić information content (AvgIpc) is 2.50. The van der Waals surface area contributed by atoms with E-state index in [1.807, 2.05) is 43.5 Å². The van der Waals surface area contributed by atoms with Crippen molar-refractivity contribution in [3.05, 3.63) is 48.6 Å². The Bertz CT molecular complexity index is 393. The molecule has 1 atom stereocenters. The molecule has 0 saturated carbocycles. The van der Waals surface area contributed by atoms with E-state index < -0.39 is 0 Å². The lowest BCUT2D eigenvalue weighted by Crippen LogP contribution is -2.26. The van der Waals surface area contributed by atoms with Crippen molar-refractivity contribution in [1.82, 2.24) is 10.6 Å². The van der Waals surface area contributed by atoms with Crippen LogP contribution in [0, 0.1) is 0 Å². The van der Waals surface area contributed by atoms with Crippen molar-refractivity contribution in [2.75, 3.05) is 13.6 Å². The van der Waals surface area contributed by atoms with Crippen LogP contribution in [0.25, 0.3) is 0 Å². The van der Waals surface area contributed by atoms with Crippen molar-refractivity contribution >= 4 is 6.09 Å². The van der Waals surface area contributed by atoms with Gasteiger partial charge >= 0.3 is 6.09 Å². The molecule has 0 aliphatic rings. The van der Waals surface area contributed by atoms with Crippen LogP contribution in [0.4, 0.5) is 4.79 Å². The lowest BCUT2D eigenvalue weighted by atomic mass is 10.1. The molecule has 1 unspecified atom stereocenters. The number of amides is 1. The Hall–Kier alpha value is -1.81. The zero-order chi connectivity index (χ0) is 14.6. The minimum atomic E-state index is -0.359. The number of hydrogen-bond donors (Lipinski definition) is 2. The van der Waals surface area contributed by atoms with Crippen molar-refractivity contribution < 1.29 is 9.53 Å². The maximum absolute atomic E-state index is 11.5. The molecule has 1 amide bonds. The maximum atomic E-state index is 11.5. The van der Waals surface area contributed by atoms with Gasteiger partial charge in [0.2, 0.25) is 0 Å². The van der Waals surface area contributed by atoms with Crippen LogP contribution in [0.15, 0.2) is 43.0 Å². The molecule has 110 valence electrons. The lowest BCUT2D eigenvalue weighted by molar-refractivity contribution is 0.139. The van der Waals surface area contributed by atoms with Gasteiger partial charge in [0.25, 0.3) is 0 Å². The van der Waals surface area contributed by atoms with Gasteiger partial charge in [0.05, 0.1) is 0 Å². The first kappa shape index (κ1) is 16.2. The molecule has 0 radical (unpaired) electrons. The van der Waals surface area contributed by atoms with Crippen LogP contribution in [-0.4, -0.2) is 25.7 Å². The molecule has 1 aromatic carbocycles. The van der Waals surface area contributed by atoms with Gasteiger partial charge in [0, 0.05) is 12.6 Å². The maximum Gasteiger partial charge on any atom is 0.407 e. The summed E-state index contributed by atoms with van der Waals surface area (Å²) in [6.07, 6.45) is 4.55. The molecule has 0 saturated heterocycles. The molecular weight excluding hydrogens is 252 g/mol. The van der Waals surface area contributed by atoms with Crippen molar-refractivity contribution in [2.24, 2.45) is 0 Å². The summed E-state index contributed by atoms with van der Waals surface area (Å²) < 4.78 is 5.12. The van der Waals surface area contributed by atoms with E-state index >= 15 is 0 Å². The third-order valence-corrected chi connectivity index (χ3v) is 3.08. The van der Waals surface area contributed by atoms with Gasteiger partial charge in [-0.25, -0.2) is 4.79 Å². The van der Waals surface area contributed by atoms with Gasteiger partial charge in [-0.15, -0.1) is 6.58 Å². The van der Waals surface area contributed by atoms with E-state index in [9.17, 15) is 4.79 Å². The second-order valence-electron chi connectivity index (χ2n) is 4.62. The van der Waals surface area contributed by atoms with Gasteiger partial charge in [-0.05, 0) is 31.9 Å². The SMILES string of the molecule is C=CC(CCCCNC(=O)OCc1ccccc1)NC. The highest BCUT2D eigenvalue weighted by atomic mass is 16.5. The summed E-state index contributed by atoms with van der Waals surface area (Å²) in [5, 5.41) is 5.92.